The number of thioether (sulfide) groups is 1. The van der Waals surface area contributed by atoms with Crippen LogP contribution in [0.1, 0.15) is 9.75 Å². The molecule has 1 amide bonds. The van der Waals surface area contributed by atoms with Crippen molar-refractivity contribution >= 4 is 61.9 Å². The van der Waals surface area contributed by atoms with Gasteiger partial charge in [-0.05, 0) is 61.2 Å². The van der Waals surface area contributed by atoms with Crippen LogP contribution in [0.25, 0.3) is 6.08 Å². The van der Waals surface area contributed by atoms with Crippen molar-refractivity contribution in [3.63, 3.8) is 0 Å². The second-order valence-electron chi connectivity index (χ2n) is 4.41. The summed E-state index contributed by atoms with van der Waals surface area (Å²) < 4.78 is 1.00. The van der Waals surface area contributed by atoms with Crippen molar-refractivity contribution in [2.24, 2.45) is 4.99 Å². The summed E-state index contributed by atoms with van der Waals surface area (Å²) in [4.78, 5) is 19.4. The zero-order valence-corrected chi connectivity index (χ0v) is 14.3. The van der Waals surface area contributed by atoms with Gasteiger partial charge < -0.3 is 5.32 Å². The van der Waals surface area contributed by atoms with E-state index in [9.17, 15) is 4.79 Å². The number of nitrogens with zero attached hydrogens (tertiary/aromatic N) is 1. The number of nitrogens with one attached hydrogen (secondary N) is 1. The number of carbonyl (C=O) groups is 1. The Morgan fingerprint density at radius 3 is 2.62 bits per heavy atom. The van der Waals surface area contributed by atoms with E-state index in [2.05, 4.69) is 33.2 Å². The highest BCUT2D eigenvalue weighted by molar-refractivity contribution is 9.10. The van der Waals surface area contributed by atoms with Crippen LogP contribution in [0.4, 0.5) is 5.69 Å². The molecule has 0 saturated carbocycles. The second-order valence-corrected chi connectivity index (χ2v) is 7.67. The molecule has 2 aromatic rings. The Bertz CT molecular complexity index is 747. The lowest BCUT2D eigenvalue weighted by atomic mass is 10.3. The molecule has 1 aliphatic rings. The van der Waals surface area contributed by atoms with Gasteiger partial charge in [0.1, 0.15) is 0 Å². The molecule has 1 aromatic carbocycles. The lowest BCUT2D eigenvalue weighted by Crippen LogP contribution is -2.19. The largest absolute Gasteiger partial charge is 0.300 e. The maximum Gasteiger partial charge on any atom is 0.264 e. The molecule has 0 radical (unpaired) electrons. The zero-order valence-electron chi connectivity index (χ0n) is 11.1. The minimum absolute atomic E-state index is 0.0954. The van der Waals surface area contributed by atoms with Crippen molar-refractivity contribution in [3.8, 4) is 0 Å². The topological polar surface area (TPSA) is 41.5 Å². The summed E-state index contributed by atoms with van der Waals surface area (Å²) in [7, 11) is 0. The van der Waals surface area contributed by atoms with E-state index in [-0.39, 0.29) is 5.91 Å². The van der Waals surface area contributed by atoms with Gasteiger partial charge in [0.15, 0.2) is 5.17 Å². The molecule has 0 aliphatic carbocycles. The van der Waals surface area contributed by atoms with E-state index >= 15 is 0 Å². The molecule has 6 heteroatoms. The molecule has 21 heavy (non-hydrogen) atoms. The first-order chi connectivity index (χ1) is 10.1. The fraction of sp³-hybridized carbons (Fsp3) is 0.0667. The van der Waals surface area contributed by atoms with E-state index < -0.39 is 0 Å². The van der Waals surface area contributed by atoms with Gasteiger partial charge >= 0.3 is 0 Å². The lowest BCUT2D eigenvalue weighted by molar-refractivity contribution is -0.115. The Hall–Kier alpha value is -1.37. The second kappa shape index (κ2) is 6.17. The number of rotatable bonds is 2. The summed E-state index contributed by atoms with van der Waals surface area (Å²) in [5.74, 6) is -0.0954. The van der Waals surface area contributed by atoms with Crippen LogP contribution in [0.2, 0.25) is 0 Å². The monoisotopic (exact) mass is 378 g/mol. The molecule has 1 aliphatic heterocycles. The molecule has 3 rings (SSSR count). The number of amidine groups is 1. The normalized spacial score (nSPS) is 18.5. The van der Waals surface area contributed by atoms with E-state index in [0.29, 0.717) is 10.1 Å². The van der Waals surface area contributed by atoms with Gasteiger partial charge in [-0.2, -0.15) is 0 Å². The van der Waals surface area contributed by atoms with Crippen molar-refractivity contribution in [1.82, 2.24) is 5.32 Å². The molecule has 106 valence electrons. The highest BCUT2D eigenvalue weighted by atomic mass is 79.9. The van der Waals surface area contributed by atoms with Crippen LogP contribution in [0.15, 0.2) is 50.8 Å². The smallest absolute Gasteiger partial charge is 0.264 e. The molecule has 0 bridgehead atoms. The number of hydrogen-bond donors (Lipinski definition) is 1. The highest BCUT2D eigenvalue weighted by Crippen LogP contribution is 2.30. The average molecular weight is 379 g/mol. The molecule has 1 N–H and O–H groups in total. The minimum Gasteiger partial charge on any atom is -0.300 e. The number of hydrogen-bond acceptors (Lipinski definition) is 4. The Morgan fingerprint density at radius 1 is 1.19 bits per heavy atom. The third kappa shape index (κ3) is 3.64. The van der Waals surface area contributed by atoms with E-state index in [4.69, 9.17) is 0 Å². The Labute approximate surface area is 139 Å². The maximum absolute atomic E-state index is 12.0. The van der Waals surface area contributed by atoms with Crippen LogP contribution in [0.3, 0.4) is 0 Å². The van der Waals surface area contributed by atoms with E-state index in [1.54, 1.807) is 11.3 Å². The van der Waals surface area contributed by atoms with Gasteiger partial charge in [0.25, 0.3) is 5.91 Å². The van der Waals surface area contributed by atoms with Crippen molar-refractivity contribution in [2.75, 3.05) is 0 Å². The molecule has 1 fully saturated rings. The number of amides is 1. The summed E-state index contributed by atoms with van der Waals surface area (Å²) in [5.41, 5.74) is 0.814. The molecular formula is C15H11BrN2OS2. The Kier molecular flexibility index (Phi) is 4.28. The van der Waals surface area contributed by atoms with Gasteiger partial charge in [0.2, 0.25) is 0 Å². The van der Waals surface area contributed by atoms with Crippen molar-refractivity contribution in [2.45, 2.75) is 6.92 Å². The Balaban J connectivity index is 1.81. The molecule has 1 saturated heterocycles. The van der Waals surface area contributed by atoms with Gasteiger partial charge in [0, 0.05) is 14.2 Å². The SMILES string of the molecule is Cc1ccc(/C=C2\SC(=Nc3ccc(Br)cc3)NC2=O)s1. The summed E-state index contributed by atoms with van der Waals surface area (Å²) in [5, 5.41) is 3.41. The zero-order chi connectivity index (χ0) is 14.8. The van der Waals surface area contributed by atoms with Crippen LogP contribution in [-0.4, -0.2) is 11.1 Å². The van der Waals surface area contributed by atoms with Crippen molar-refractivity contribution < 1.29 is 4.79 Å². The fourth-order valence-electron chi connectivity index (χ4n) is 1.77. The Morgan fingerprint density at radius 2 is 1.95 bits per heavy atom. The van der Waals surface area contributed by atoms with Crippen LogP contribution in [-0.2, 0) is 4.79 Å². The van der Waals surface area contributed by atoms with Gasteiger partial charge in [-0.1, -0.05) is 15.9 Å². The van der Waals surface area contributed by atoms with Crippen molar-refractivity contribution in [3.05, 3.63) is 55.5 Å². The van der Waals surface area contributed by atoms with Crippen LogP contribution < -0.4 is 5.32 Å². The molecule has 2 heterocycles. The third-order valence-corrected chi connectivity index (χ3v) is 5.13. The third-order valence-electron chi connectivity index (χ3n) is 2.74. The molecular weight excluding hydrogens is 368 g/mol. The van der Waals surface area contributed by atoms with E-state index in [1.165, 1.54) is 16.6 Å². The first-order valence-electron chi connectivity index (χ1n) is 6.22. The minimum atomic E-state index is -0.0954. The summed E-state index contributed by atoms with van der Waals surface area (Å²) in [6, 6.07) is 11.7. The molecule has 0 spiro atoms. The summed E-state index contributed by atoms with van der Waals surface area (Å²) in [6.45, 7) is 2.05. The lowest BCUT2D eigenvalue weighted by Gasteiger charge is -1.96. The van der Waals surface area contributed by atoms with E-state index in [1.807, 2.05) is 42.5 Å². The van der Waals surface area contributed by atoms with Gasteiger partial charge in [-0.15, -0.1) is 11.3 Å². The standard InChI is InChI=1S/C15H11BrN2OS2/c1-9-2-7-12(20-9)8-13-14(19)18-15(21-13)17-11-5-3-10(16)4-6-11/h2-8H,1H3,(H,17,18,19)/b13-8-. The molecule has 0 unspecified atom stereocenters. The highest BCUT2D eigenvalue weighted by Gasteiger charge is 2.23. The van der Waals surface area contributed by atoms with Gasteiger partial charge in [-0.25, -0.2) is 4.99 Å². The summed E-state index contributed by atoms with van der Waals surface area (Å²) in [6.07, 6.45) is 1.90. The predicted octanol–water partition coefficient (Wildman–Crippen LogP) is 4.71. The first kappa shape index (κ1) is 14.6. The number of halogens is 1. The fourth-order valence-corrected chi connectivity index (χ4v) is 3.77. The molecule has 0 atom stereocenters. The van der Waals surface area contributed by atoms with Crippen LogP contribution >= 0.6 is 39.0 Å². The van der Waals surface area contributed by atoms with Gasteiger partial charge in [-0.3, -0.25) is 4.79 Å². The molecule has 3 nitrogen and oxygen atoms in total. The average Bonchev–Trinajstić information content (AvgIpc) is 3.00. The maximum atomic E-state index is 12.0. The number of carbonyl (C=O) groups excluding carboxylic acids is 1. The van der Waals surface area contributed by atoms with E-state index in [0.717, 1.165) is 15.0 Å². The number of thiophene rings is 1. The number of benzene rings is 1. The quantitative estimate of drug-likeness (QED) is 0.768. The van der Waals surface area contributed by atoms with Crippen LogP contribution in [0, 0.1) is 6.92 Å². The number of aliphatic imine (C=N–C) groups is 1. The van der Waals surface area contributed by atoms with Crippen molar-refractivity contribution in [1.29, 1.82) is 0 Å². The predicted molar refractivity (Wildman–Crippen MR) is 94.0 cm³/mol. The van der Waals surface area contributed by atoms with Gasteiger partial charge in [0.05, 0.1) is 10.6 Å². The number of aryl methyl sites for hydroxylation is 1. The first-order valence-corrected chi connectivity index (χ1v) is 8.64. The molecule has 1 aromatic heterocycles. The summed E-state index contributed by atoms with van der Waals surface area (Å²) >= 11 is 6.42. The van der Waals surface area contributed by atoms with Crippen LogP contribution in [0.5, 0.6) is 0 Å².